The smallest absolute Gasteiger partial charge is 0.193 e. The van der Waals surface area contributed by atoms with Gasteiger partial charge in [-0.15, -0.1) is 0 Å². The molecular weight excluding hydrogens is 415 g/mol. The number of nitrogens with one attached hydrogen (secondary N) is 2. The Morgan fingerprint density at radius 1 is 1.06 bits per heavy atom. The molecule has 0 unspecified atom stereocenters. The maximum Gasteiger partial charge on any atom is 0.193 e. The van der Waals surface area contributed by atoms with Crippen molar-refractivity contribution in [1.82, 2.24) is 9.55 Å². The number of rotatable bonds is 7. The van der Waals surface area contributed by atoms with E-state index in [2.05, 4.69) is 23.8 Å². The number of benzene rings is 2. The van der Waals surface area contributed by atoms with Crippen LogP contribution in [0, 0.1) is 12.7 Å². The van der Waals surface area contributed by atoms with Crippen molar-refractivity contribution in [2.75, 3.05) is 10.6 Å². The molecule has 2 heterocycles. The third kappa shape index (κ3) is 4.60. The molecule has 4 aromatic rings. The predicted octanol–water partition coefficient (Wildman–Crippen LogP) is 6.24. The summed E-state index contributed by atoms with van der Waals surface area (Å²) in [5.74, 6) is 0.762. The van der Waals surface area contributed by atoms with Gasteiger partial charge >= 0.3 is 0 Å². The average Bonchev–Trinajstić information content (AvgIpc) is 2.80. The van der Waals surface area contributed by atoms with Gasteiger partial charge in [0.05, 0.1) is 5.39 Å². The first-order valence-electron chi connectivity index (χ1n) is 10.4. The fourth-order valence-electron chi connectivity index (χ4n) is 3.61. The van der Waals surface area contributed by atoms with Crippen molar-refractivity contribution in [2.24, 2.45) is 0 Å². The average molecular weight is 439 g/mol. The van der Waals surface area contributed by atoms with Crippen LogP contribution in [0.1, 0.15) is 5.56 Å². The van der Waals surface area contributed by atoms with E-state index in [9.17, 15) is 9.18 Å². The van der Waals surface area contributed by atoms with Crippen LogP contribution in [-0.4, -0.2) is 9.55 Å². The van der Waals surface area contributed by atoms with E-state index in [1.165, 1.54) is 12.1 Å². The minimum Gasteiger partial charge on any atom is -0.341 e. The number of allylic oxidation sites excluding steroid dienone is 3. The molecule has 2 aromatic heterocycles. The third-order valence-electron chi connectivity index (χ3n) is 5.09. The highest BCUT2D eigenvalue weighted by molar-refractivity contribution is 5.85. The molecule has 0 bridgehead atoms. The number of hydrogen-bond acceptors (Lipinski definition) is 4. The Morgan fingerprint density at radius 3 is 2.45 bits per heavy atom. The molecule has 0 saturated heterocycles. The summed E-state index contributed by atoms with van der Waals surface area (Å²) in [6.07, 6.45) is 5.06. The molecule has 5 nitrogen and oxygen atoms in total. The second kappa shape index (κ2) is 9.36. The summed E-state index contributed by atoms with van der Waals surface area (Å²) >= 11 is 0. The van der Waals surface area contributed by atoms with Crippen LogP contribution in [0.3, 0.4) is 0 Å². The van der Waals surface area contributed by atoms with E-state index in [0.717, 1.165) is 11.3 Å². The molecule has 0 aliphatic rings. The zero-order valence-corrected chi connectivity index (χ0v) is 18.2. The Bertz CT molecular complexity index is 1420. The van der Waals surface area contributed by atoms with Crippen LogP contribution >= 0.6 is 0 Å². The number of aryl methyl sites for hydroxylation is 1. The van der Waals surface area contributed by atoms with Crippen molar-refractivity contribution in [2.45, 2.75) is 6.92 Å². The first kappa shape index (κ1) is 21.8. The van der Waals surface area contributed by atoms with E-state index < -0.39 is 0 Å². The van der Waals surface area contributed by atoms with Crippen molar-refractivity contribution in [1.29, 1.82) is 0 Å². The molecule has 0 atom stereocenters. The predicted molar refractivity (Wildman–Crippen MR) is 134 cm³/mol. The highest BCUT2D eigenvalue weighted by atomic mass is 19.1. The second-order valence-electron chi connectivity index (χ2n) is 7.41. The highest BCUT2D eigenvalue weighted by Gasteiger charge is 2.16. The lowest BCUT2D eigenvalue weighted by Crippen LogP contribution is -2.16. The summed E-state index contributed by atoms with van der Waals surface area (Å²) in [5.41, 5.74) is 3.32. The standard InChI is InChI=1S/C27H23FN4O/c1-4-9-20(5-2)30-25-17-23(33)26-18(3)16-24(29-21-14-12-19(28)13-15-21)31-27(26)32(25)22-10-7-6-8-11-22/h4-17,30H,1-2H2,3H3,(H,29,31)/b20-9+. The van der Waals surface area contributed by atoms with Crippen molar-refractivity contribution in [3.05, 3.63) is 125 Å². The van der Waals surface area contributed by atoms with Crippen molar-refractivity contribution >= 4 is 28.4 Å². The van der Waals surface area contributed by atoms with E-state index in [1.54, 1.807) is 36.4 Å². The number of halogens is 1. The van der Waals surface area contributed by atoms with E-state index >= 15 is 0 Å². The number of para-hydroxylation sites is 1. The summed E-state index contributed by atoms with van der Waals surface area (Å²) in [6.45, 7) is 9.43. The Hall–Kier alpha value is -4.45. The molecule has 6 heteroatoms. The lowest BCUT2D eigenvalue weighted by molar-refractivity contribution is 0.628. The molecule has 164 valence electrons. The van der Waals surface area contributed by atoms with Crippen LogP contribution in [0.2, 0.25) is 0 Å². The summed E-state index contributed by atoms with van der Waals surface area (Å²) in [7, 11) is 0. The van der Waals surface area contributed by atoms with Crippen LogP contribution < -0.4 is 16.1 Å². The molecule has 0 saturated carbocycles. The summed E-state index contributed by atoms with van der Waals surface area (Å²) in [5, 5.41) is 6.97. The zero-order valence-electron chi connectivity index (χ0n) is 18.2. The highest BCUT2D eigenvalue weighted by Crippen LogP contribution is 2.27. The molecule has 2 aromatic carbocycles. The topological polar surface area (TPSA) is 59.0 Å². The normalized spacial score (nSPS) is 11.3. The second-order valence-corrected chi connectivity index (χ2v) is 7.41. The summed E-state index contributed by atoms with van der Waals surface area (Å²) in [6, 6.07) is 19.0. The zero-order chi connectivity index (χ0) is 23.4. The molecule has 0 amide bonds. The van der Waals surface area contributed by atoms with Crippen molar-refractivity contribution in [3.8, 4) is 5.69 Å². The van der Waals surface area contributed by atoms with Gasteiger partial charge in [-0.2, -0.15) is 0 Å². The fourth-order valence-corrected chi connectivity index (χ4v) is 3.61. The summed E-state index contributed by atoms with van der Waals surface area (Å²) < 4.78 is 15.2. The van der Waals surface area contributed by atoms with Gasteiger partial charge in [0.2, 0.25) is 0 Å². The first-order valence-corrected chi connectivity index (χ1v) is 10.4. The van der Waals surface area contributed by atoms with Gasteiger partial charge in [0.1, 0.15) is 17.5 Å². The van der Waals surface area contributed by atoms with Gasteiger partial charge in [-0.1, -0.05) is 37.4 Å². The summed E-state index contributed by atoms with van der Waals surface area (Å²) in [4.78, 5) is 17.9. The molecule has 2 N–H and O–H groups in total. The molecule has 0 fully saturated rings. The van der Waals surface area contributed by atoms with Crippen LogP contribution in [0.15, 0.2) is 109 Å². The van der Waals surface area contributed by atoms with Gasteiger partial charge in [-0.25, -0.2) is 9.37 Å². The van der Waals surface area contributed by atoms with Crippen molar-refractivity contribution < 1.29 is 4.39 Å². The minimum atomic E-state index is -0.317. The lowest BCUT2D eigenvalue weighted by Gasteiger charge is -2.19. The van der Waals surface area contributed by atoms with Gasteiger partial charge in [0.25, 0.3) is 0 Å². The SMILES string of the molecule is C=C/C=C(\C=C)Nc1cc(=O)c2c(C)cc(Nc3ccc(F)cc3)nc2n1-c1ccccc1. The Kier molecular flexibility index (Phi) is 6.17. The maximum absolute atomic E-state index is 13.3. The van der Waals surface area contributed by atoms with E-state index in [0.29, 0.717) is 34.1 Å². The number of hydrogen-bond donors (Lipinski definition) is 2. The molecule has 0 aliphatic carbocycles. The van der Waals surface area contributed by atoms with Crippen LogP contribution in [0.5, 0.6) is 0 Å². The molecule has 0 spiro atoms. The molecule has 0 radical (unpaired) electrons. The van der Waals surface area contributed by atoms with Crippen LogP contribution in [0.25, 0.3) is 16.7 Å². The number of anilines is 3. The molecular formula is C27H23FN4O. The Morgan fingerprint density at radius 2 is 1.79 bits per heavy atom. The van der Waals surface area contributed by atoms with Crippen molar-refractivity contribution in [3.63, 3.8) is 0 Å². The van der Waals surface area contributed by atoms with Gasteiger partial charge < -0.3 is 10.6 Å². The van der Waals surface area contributed by atoms with E-state index in [4.69, 9.17) is 4.98 Å². The fraction of sp³-hybridized carbons (Fsp3) is 0.0370. The molecule has 4 rings (SSSR count). The quantitative estimate of drug-likeness (QED) is 0.335. The van der Waals surface area contributed by atoms with Gasteiger partial charge in [0, 0.05) is 23.1 Å². The Balaban J connectivity index is 1.97. The number of aromatic nitrogens is 2. The number of pyridine rings is 2. The van der Waals surface area contributed by atoms with Gasteiger partial charge in [-0.05, 0) is 67.1 Å². The third-order valence-corrected chi connectivity index (χ3v) is 5.09. The van der Waals surface area contributed by atoms with E-state index in [1.807, 2.05) is 47.9 Å². The monoisotopic (exact) mass is 438 g/mol. The Labute approximate surface area is 191 Å². The van der Waals surface area contributed by atoms with Crippen LogP contribution in [-0.2, 0) is 0 Å². The number of nitrogens with zero attached hydrogens (tertiary/aromatic N) is 2. The largest absolute Gasteiger partial charge is 0.341 e. The minimum absolute atomic E-state index is 0.153. The number of fused-ring (bicyclic) bond motifs is 1. The lowest BCUT2D eigenvalue weighted by atomic mass is 10.1. The molecule has 33 heavy (non-hydrogen) atoms. The first-order chi connectivity index (χ1) is 16.0. The molecule has 0 aliphatic heterocycles. The maximum atomic E-state index is 13.3. The van der Waals surface area contributed by atoms with Crippen LogP contribution in [0.4, 0.5) is 21.7 Å². The van der Waals surface area contributed by atoms with E-state index in [-0.39, 0.29) is 11.2 Å². The van der Waals surface area contributed by atoms with Gasteiger partial charge in [0.15, 0.2) is 11.1 Å². The van der Waals surface area contributed by atoms with Gasteiger partial charge in [-0.3, -0.25) is 9.36 Å².